The largest absolute Gasteiger partial charge is 0.497 e. The van der Waals surface area contributed by atoms with Crippen molar-refractivity contribution in [2.75, 3.05) is 12.4 Å². The van der Waals surface area contributed by atoms with Crippen molar-refractivity contribution in [3.05, 3.63) is 71.8 Å². The molecule has 0 saturated heterocycles. The van der Waals surface area contributed by atoms with Crippen LogP contribution in [0.5, 0.6) is 5.75 Å². The van der Waals surface area contributed by atoms with Crippen LogP contribution in [0.3, 0.4) is 0 Å². The van der Waals surface area contributed by atoms with Gasteiger partial charge in [-0.3, -0.25) is 0 Å². The predicted molar refractivity (Wildman–Crippen MR) is 94.8 cm³/mol. The van der Waals surface area contributed by atoms with Crippen LogP contribution >= 0.6 is 11.6 Å². The Morgan fingerprint density at radius 2 is 1.77 bits per heavy atom. The second kappa shape index (κ2) is 7.90. The van der Waals surface area contributed by atoms with Crippen LogP contribution in [0, 0.1) is 5.92 Å². The molecule has 0 aliphatic heterocycles. The van der Waals surface area contributed by atoms with Gasteiger partial charge in [-0.15, -0.1) is 6.58 Å². The van der Waals surface area contributed by atoms with E-state index in [1.165, 1.54) is 5.56 Å². The van der Waals surface area contributed by atoms with Gasteiger partial charge in [-0.1, -0.05) is 36.7 Å². The Hall–Kier alpha value is -1.93. The molecule has 0 aromatic heterocycles. The maximum Gasteiger partial charge on any atom is 0.119 e. The van der Waals surface area contributed by atoms with E-state index in [2.05, 4.69) is 31.0 Å². The molecule has 2 nitrogen and oxygen atoms in total. The molecule has 0 amide bonds. The van der Waals surface area contributed by atoms with Gasteiger partial charge in [0.05, 0.1) is 13.2 Å². The minimum atomic E-state index is 0.207. The van der Waals surface area contributed by atoms with Gasteiger partial charge in [0.2, 0.25) is 0 Å². The summed E-state index contributed by atoms with van der Waals surface area (Å²) in [4.78, 5) is 0. The molecule has 0 bridgehead atoms. The number of methoxy groups -OCH3 is 1. The first-order valence-corrected chi connectivity index (χ1v) is 7.78. The molecule has 0 spiro atoms. The maximum absolute atomic E-state index is 5.99. The molecule has 2 aromatic rings. The number of allylic oxidation sites excluding steroid dienone is 1. The average Bonchev–Trinajstić information content (AvgIpc) is 2.55. The van der Waals surface area contributed by atoms with Crippen LogP contribution in [0.15, 0.2) is 61.2 Å². The zero-order valence-corrected chi connectivity index (χ0v) is 13.8. The summed E-state index contributed by atoms with van der Waals surface area (Å²) in [5.74, 6) is 1.28. The van der Waals surface area contributed by atoms with Crippen molar-refractivity contribution < 1.29 is 4.74 Å². The molecule has 0 fully saturated rings. The molecule has 0 radical (unpaired) electrons. The lowest BCUT2D eigenvalue weighted by molar-refractivity contribution is 0.415. The summed E-state index contributed by atoms with van der Waals surface area (Å²) < 4.78 is 5.20. The third-order valence-electron chi connectivity index (χ3n) is 3.71. The SMILES string of the molecule is C=C[C@H](C)C[C@H](Nc1ccc(OC)cc1)c1ccc(Cl)cc1. The molecule has 3 heteroatoms. The second-order valence-electron chi connectivity index (χ2n) is 5.43. The van der Waals surface area contributed by atoms with E-state index in [1.54, 1.807) is 7.11 Å². The summed E-state index contributed by atoms with van der Waals surface area (Å²) in [6.07, 6.45) is 2.95. The van der Waals surface area contributed by atoms with Gasteiger partial charge in [-0.2, -0.15) is 0 Å². The highest BCUT2D eigenvalue weighted by Crippen LogP contribution is 2.28. The topological polar surface area (TPSA) is 21.3 Å². The molecule has 22 heavy (non-hydrogen) atoms. The van der Waals surface area contributed by atoms with Crippen molar-refractivity contribution in [2.45, 2.75) is 19.4 Å². The third-order valence-corrected chi connectivity index (χ3v) is 3.97. The fourth-order valence-corrected chi connectivity index (χ4v) is 2.46. The van der Waals surface area contributed by atoms with Crippen LogP contribution in [-0.4, -0.2) is 7.11 Å². The zero-order chi connectivity index (χ0) is 15.9. The third kappa shape index (κ3) is 4.54. The van der Waals surface area contributed by atoms with Gasteiger partial charge in [-0.25, -0.2) is 0 Å². The van der Waals surface area contributed by atoms with E-state index in [-0.39, 0.29) is 6.04 Å². The second-order valence-corrected chi connectivity index (χ2v) is 5.86. The van der Waals surface area contributed by atoms with Gasteiger partial charge in [-0.05, 0) is 54.3 Å². The van der Waals surface area contributed by atoms with Crippen molar-refractivity contribution >= 4 is 17.3 Å². The predicted octanol–water partition coefficient (Wildman–Crippen LogP) is 5.71. The van der Waals surface area contributed by atoms with Gasteiger partial charge in [0, 0.05) is 10.7 Å². The molecule has 116 valence electrons. The van der Waals surface area contributed by atoms with Gasteiger partial charge >= 0.3 is 0 Å². The lowest BCUT2D eigenvalue weighted by atomic mass is 9.95. The highest BCUT2D eigenvalue weighted by Gasteiger charge is 2.14. The number of ether oxygens (including phenoxy) is 1. The molecular formula is C19H22ClNO. The Kier molecular flexibility index (Phi) is 5.91. The first-order valence-electron chi connectivity index (χ1n) is 7.41. The zero-order valence-electron chi connectivity index (χ0n) is 13.1. The molecule has 0 heterocycles. The maximum atomic E-state index is 5.99. The molecule has 0 aliphatic carbocycles. The van der Waals surface area contributed by atoms with Crippen LogP contribution in [-0.2, 0) is 0 Å². The first-order chi connectivity index (χ1) is 10.6. The quantitative estimate of drug-likeness (QED) is 0.660. The Morgan fingerprint density at radius 1 is 1.14 bits per heavy atom. The number of hydrogen-bond donors (Lipinski definition) is 1. The van der Waals surface area contributed by atoms with Crippen LogP contribution < -0.4 is 10.1 Å². The van der Waals surface area contributed by atoms with Crippen molar-refractivity contribution in [1.29, 1.82) is 0 Å². The summed E-state index contributed by atoms with van der Waals surface area (Å²) in [7, 11) is 1.67. The summed E-state index contributed by atoms with van der Waals surface area (Å²) in [6, 6.07) is 16.2. The lowest BCUT2D eigenvalue weighted by Gasteiger charge is -2.23. The van der Waals surface area contributed by atoms with E-state index in [9.17, 15) is 0 Å². The molecule has 2 aromatic carbocycles. The lowest BCUT2D eigenvalue weighted by Crippen LogP contribution is -2.13. The number of nitrogens with one attached hydrogen (secondary N) is 1. The number of hydrogen-bond acceptors (Lipinski definition) is 2. The normalized spacial score (nSPS) is 13.2. The standard InChI is InChI=1S/C19H22ClNO/c1-4-14(2)13-19(15-5-7-16(20)8-6-15)21-17-9-11-18(22-3)12-10-17/h4-12,14,19,21H,1,13H2,2-3H3/t14-,19-/m0/s1. The van der Waals surface area contributed by atoms with Crippen molar-refractivity contribution in [1.82, 2.24) is 0 Å². The van der Waals surface area contributed by atoms with Gasteiger partial charge in [0.25, 0.3) is 0 Å². The highest BCUT2D eigenvalue weighted by atomic mass is 35.5. The van der Waals surface area contributed by atoms with Gasteiger partial charge in [0.15, 0.2) is 0 Å². The molecule has 2 rings (SSSR count). The summed E-state index contributed by atoms with van der Waals surface area (Å²) in [5.41, 5.74) is 2.28. The average molecular weight is 316 g/mol. The van der Waals surface area contributed by atoms with E-state index in [1.807, 2.05) is 42.5 Å². The van der Waals surface area contributed by atoms with E-state index in [4.69, 9.17) is 16.3 Å². The summed E-state index contributed by atoms with van der Waals surface area (Å²) in [5, 5.41) is 4.34. The number of benzene rings is 2. The van der Waals surface area contributed by atoms with E-state index >= 15 is 0 Å². The van der Waals surface area contributed by atoms with Gasteiger partial charge < -0.3 is 10.1 Å². The smallest absolute Gasteiger partial charge is 0.119 e. The van der Waals surface area contributed by atoms with Crippen molar-refractivity contribution in [2.24, 2.45) is 5.92 Å². The van der Waals surface area contributed by atoms with E-state index < -0.39 is 0 Å². The molecule has 1 N–H and O–H groups in total. The Balaban J connectivity index is 2.19. The number of anilines is 1. The van der Waals surface area contributed by atoms with Crippen molar-refractivity contribution in [3.63, 3.8) is 0 Å². The van der Waals surface area contributed by atoms with Gasteiger partial charge in [0.1, 0.15) is 5.75 Å². The molecule has 2 atom stereocenters. The first kappa shape index (κ1) is 16.4. The Bertz CT molecular complexity index is 592. The summed E-state index contributed by atoms with van der Waals surface area (Å²) >= 11 is 5.99. The molecular weight excluding hydrogens is 294 g/mol. The van der Waals surface area contributed by atoms with Crippen LogP contribution in [0.4, 0.5) is 5.69 Å². The summed E-state index contributed by atoms with van der Waals surface area (Å²) in [6.45, 7) is 6.06. The van der Waals surface area contributed by atoms with Crippen molar-refractivity contribution in [3.8, 4) is 5.75 Å². The number of rotatable bonds is 7. The monoisotopic (exact) mass is 315 g/mol. The molecule has 0 saturated carbocycles. The minimum Gasteiger partial charge on any atom is -0.497 e. The van der Waals surface area contributed by atoms with Crippen LogP contribution in [0.2, 0.25) is 5.02 Å². The Labute approximate surface area is 137 Å². The van der Waals surface area contributed by atoms with E-state index in [0.29, 0.717) is 5.92 Å². The molecule has 0 aliphatic rings. The van der Waals surface area contributed by atoms with Crippen LogP contribution in [0.25, 0.3) is 0 Å². The fraction of sp³-hybridized carbons (Fsp3) is 0.263. The van der Waals surface area contributed by atoms with E-state index in [0.717, 1.165) is 22.9 Å². The minimum absolute atomic E-state index is 0.207. The van der Waals surface area contributed by atoms with Crippen LogP contribution in [0.1, 0.15) is 24.9 Å². The number of halogens is 1. The highest BCUT2D eigenvalue weighted by molar-refractivity contribution is 6.30. The fourth-order valence-electron chi connectivity index (χ4n) is 2.33. The Morgan fingerprint density at radius 3 is 2.32 bits per heavy atom. The molecule has 0 unspecified atom stereocenters.